The minimum atomic E-state index is -3.28. The van der Waals surface area contributed by atoms with Gasteiger partial charge in [0.25, 0.3) is 0 Å². The third-order valence-electron chi connectivity index (χ3n) is 2.51. The zero-order chi connectivity index (χ0) is 12.2. The fourth-order valence-electron chi connectivity index (χ4n) is 1.33. The first kappa shape index (κ1) is 13.4. The summed E-state index contributed by atoms with van der Waals surface area (Å²) in [5.41, 5.74) is 0.913. The van der Waals surface area contributed by atoms with E-state index in [0.717, 1.165) is 5.56 Å². The van der Waals surface area contributed by atoms with E-state index in [2.05, 4.69) is 4.98 Å². The Morgan fingerprint density at radius 3 is 2.50 bits per heavy atom. The molecule has 0 bridgehead atoms. The second-order valence-electron chi connectivity index (χ2n) is 3.48. The number of aromatic nitrogens is 1. The Morgan fingerprint density at radius 2 is 2.00 bits per heavy atom. The maximum absolute atomic E-state index is 11.8. The average molecular weight is 263 g/mol. The lowest BCUT2D eigenvalue weighted by Crippen LogP contribution is -2.32. The lowest BCUT2D eigenvalue weighted by Gasteiger charge is -2.24. The van der Waals surface area contributed by atoms with E-state index in [-0.39, 0.29) is 17.7 Å². The summed E-state index contributed by atoms with van der Waals surface area (Å²) in [4.78, 5) is 3.90. The quantitative estimate of drug-likeness (QED) is 0.758. The maximum Gasteiger partial charge on any atom is 0.215 e. The summed E-state index contributed by atoms with van der Waals surface area (Å²) in [5, 5.41) is 0. The van der Waals surface area contributed by atoms with Gasteiger partial charge in [0.15, 0.2) is 0 Å². The predicted octanol–water partition coefficient (Wildman–Crippen LogP) is 1.64. The van der Waals surface area contributed by atoms with Crippen LogP contribution in [0.3, 0.4) is 0 Å². The summed E-state index contributed by atoms with van der Waals surface area (Å²) in [5.74, 6) is 0.0657. The van der Waals surface area contributed by atoms with Crippen LogP contribution in [0.4, 0.5) is 0 Å². The molecule has 1 aromatic heterocycles. The molecule has 0 aromatic carbocycles. The molecule has 0 N–H and O–H groups in total. The number of hydrogen-bond donors (Lipinski definition) is 0. The van der Waals surface area contributed by atoms with Gasteiger partial charge in [-0.05, 0) is 24.6 Å². The van der Waals surface area contributed by atoms with Crippen molar-refractivity contribution < 1.29 is 8.42 Å². The summed E-state index contributed by atoms with van der Waals surface area (Å²) in [7, 11) is -1.71. The minimum absolute atomic E-state index is 0.0412. The molecule has 1 heterocycles. The smallest absolute Gasteiger partial charge is 0.215 e. The van der Waals surface area contributed by atoms with E-state index in [1.54, 1.807) is 31.6 Å². The molecule has 0 saturated carbocycles. The first-order valence-electron chi connectivity index (χ1n) is 4.90. The molecular weight excluding hydrogens is 248 g/mol. The molecule has 1 rings (SSSR count). The maximum atomic E-state index is 11.8. The molecule has 16 heavy (non-hydrogen) atoms. The number of sulfonamides is 1. The Hall–Kier alpha value is -0.650. The predicted molar refractivity (Wildman–Crippen MR) is 64.9 cm³/mol. The molecule has 1 aromatic rings. The fraction of sp³-hybridized carbons (Fsp3) is 0.500. The summed E-state index contributed by atoms with van der Waals surface area (Å²) < 4.78 is 24.9. The third-order valence-corrected chi connectivity index (χ3v) is 4.83. The lowest BCUT2D eigenvalue weighted by molar-refractivity contribution is 0.399. The first-order valence-corrected chi connectivity index (χ1v) is 7.05. The second-order valence-corrected chi connectivity index (χ2v) is 6.00. The van der Waals surface area contributed by atoms with Crippen LogP contribution in [0.1, 0.15) is 18.5 Å². The van der Waals surface area contributed by atoms with Crippen molar-refractivity contribution in [2.75, 3.05) is 18.7 Å². The van der Waals surface area contributed by atoms with Crippen LogP contribution in [-0.4, -0.2) is 36.4 Å². The summed E-state index contributed by atoms with van der Waals surface area (Å²) in [6, 6.07) is 3.39. The number of hydrogen-bond acceptors (Lipinski definition) is 3. The Morgan fingerprint density at radius 1 is 1.44 bits per heavy atom. The molecule has 6 heteroatoms. The molecule has 0 spiro atoms. The van der Waals surface area contributed by atoms with E-state index in [4.69, 9.17) is 11.6 Å². The largest absolute Gasteiger partial charge is 0.265 e. The van der Waals surface area contributed by atoms with Gasteiger partial charge >= 0.3 is 0 Å². The Labute approximate surface area is 101 Å². The molecule has 0 radical (unpaired) electrons. The van der Waals surface area contributed by atoms with E-state index in [1.807, 2.05) is 6.92 Å². The highest BCUT2D eigenvalue weighted by Crippen LogP contribution is 2.20. The summed E-state index contributed by atoms with van der Waals surface area (Å²) in [6.45, 7) is 1.83. The molecule has 0 aliphatic rings. The van der Waals surface area contributed by atoms with Gasteiger partial charge in [-0.3, -0.25) is 4.98 Å². The Bertz CT molecular complexity index is 422. The second kappa shape index (κ2) is 5.61. The van der Waals surface area contributed by atoms with E-state index in [9.17, 15) is 8.42 Å². The van der Waals surface area contributed by atoms with Crippen LogP contribution in [0.15, 0.2) is 24.5 Å². The molecule has 1 unspecified atom stereocenters. The number of pyridine rings is 1. The molecule has 0 aliphatic heterocycles. The van der Waals surface area contributed by atoms with Crippen LogP contribution in [0.25, 0.3) is 0 Å². The number of rotatable bonds is 5. The molecule has 1 atom stereocenters. The van der Waals surface area contributed by atoms with Crippen LogP contribution in [0.5, 0.6) is 0 Å². The topological polar surface area (TPSA) is 50.3 Å². The van der Waals surface area contributed by atoms with Crippen molar-refractivity contribution in [2.45, 2.75) is 13.0 Å². The third kappa shape index (κ3) is 3.17. The minimum Gasteiger partial charge on any atom is -0.265 e. The highest BCUT2D eigenvalue weighted by atomic mass is 35.5. The van der Waals surface area contributed by atoms with E-state index in [1.165, 1.54) is 4.31 Å². The fourth-order valence-corrected chi connectivity index (χ4v) is 3.01. The summed E-state index contributed by atoms with van der Waals surface area (Å²) >= 11 is 5.46. The SMILES string of the molecule is CC(c1ccncc1)N(C)S(=O)(=O)CCCl. The highest BCUT2D eigenvalue weighted by molar-refractivity contribution is 7.89. The van der Waals surface area contributed by atoms with Crippen molar-refractivity contribution in [1.29, 1.82) is 0 Å². The number of halogens is 1. The van der Waals surface area contributed by atoms with E-state index in [0.29, 0.717) is 0 Å². The van der Waals surface area contributed by atoms with Crippen molar-refractivity contribution >= 4 is 21.6 Å². The van der Waals surface area contributed by atoms with Gasteiger partial charge in [0.05, 0.1) is 5.75 Å². The van der Waals surface area contributed by atoms with Gasteiger partial charge in [0.1, 0.15) is 0 Å². The lowest BCUT2D eigenvalue weighted by atomic mass is 10.1. The van der Waals surface area contributed by atoms with Gasteiger partial charge in [-0.1, -0.05) is 0 Å². The highest BCUT2D eigenvalue weighted by Gasteiger charge is 2.23. The van der Waals surface area contributed by atoms with Crippen LogP contribution < -0.4 is 0 Å². The first-order chi connectivity index (χ1) is 7.49. The van der Waals surface area contributed by atoms with Gasteiger partial charge in [0, 0.05) is 31.4 Å². The van der Waals surface area contributed by atoms with E-state index < -0.39 is 10.0 Å². The monoisotopic (exact) mass is 262 g/mol. The van der Waals surface area contributed by atoms with Crippen LogP contribution >= 0.6 is 11.6 Å². The average Bonchev–Trinajstić information content (AvgIpc) is 2.28. The number of nitrogens with zero attached hydrogens (tertiary/aromatic N) is 2. The van der Waals surface area contributed by atoms with Gasteiger partial charge in [-0.2, -0.15) is 4.31 Å². The van der Waals surface area contributed by atoms with Gasteiger partial charge in [-0.15, -0.1) is 11.6 Å². The number of alkyl halides is 1. The Balaban J connectivity index is 2.87. The van der Waals surface area contributed by atoms with Crippen LogP contribution in [0, 0.1) is 0 Å². The molecule has 0 saturated heterocycles. The zero-order valence-electron chi connectivity index (χ0n) is 9.30. The molecule has 90 valence electrons. The molecule has 0 amide bonds. The van der Waals surface area contributed by atoms with Crippen molar-refractivity contribution in [3.63, 3.8) is 0 Å². The Kier molecular flexibility index (Phi) is 4.70. The van der Waals surface area contributed by atoms with Gasteiger partial charge in [-0.25, -0.2) is 8.42 Å². The summed E-state index contributed by atoms with van der Waals surface area (Å²) in [6.07, 6.45) is 3.29. The van der Waals surface area contributed by atoms with Crippen LogP contribution in [-0.2, 0) is 10.0 Å². The molecular formula is C10H15ClN2O2S. The standard InChI is InChI=1S/C10H15ClN2O2S/c1-9(10-3-6-12-7-4-10)13(2)16(14,15)8-5-11/h3-4,6-7,9H,5,8H2,1-2H3. The van der Waals surface area contributed by atoms with Crippen LogP contribution in [0.2, 0.25) is 0 Å². The zero-order valence-corrected chi connectivity index (χ0v) is 10.9. The van der Waals surface area contributed by atoms with E-state index >= 15 is 0 Å². The van der Waals surface area contributed by atoms with Crippen molar-refractivity contribution in [3.05, 3.63) is 30.1 Å². The van der Waals surface area contributed by atoms with Gasteiger partial charge < -0.3 is 0 Å². The molecule has 0 fully saturated rings. The van der Waals surface area contributed by atoms with Crippen molar-refractivity contribution in [1.82, 2.24) is 9.29 Å². The van der Waals surface area contributed by atoms with Gasteiger partial charge in [0.2, 0.25) is 10.0 Å². The van der Waals surface area contributed by atoms with Crippen molar-refractivity contribution in [2.24, 2.45) is 0 Å². The molecule has 0 aliphatic carbocycles. The normalized spacial score (nSPS) is 14.0. The van der Waals surface area contributed by atoms with Crippen molar-refractivity contribution in [3.8, 4) is 0 Å². The molecule has 4 nitrogen and oxygen atoms in total.